The Hall–Kier alpha value is -1.12. The Labute approximate surface area is 145 Å². The van der Waals surface area contributed by atoms with Crippen LogP contribution in [-0.4, -0.2) is 10.0 Å². The number of nitro groups is 1. The van der Waals surface area contributed by atoms with Gasteiger partial charge in [-0.3, -0.25) is 10.1 Å². The van der Waals surface area contributed by atoms with Gasteiger partial charge >= 0.3 is 0 Å². The molecular weight excluding hydrogens is 472 g/mol. The van der Waals surface area contributed by atoms with Crippen molar-refractivity contribution < 1.29 is 10.0 Å². The van der Waals surface area contributed by atoms with Gasteiger partial charge in [-0.05, 0) is 77.6 Å². The average molecular weight is 481 g/mol. The van der Waals surface area contributed by atoms with E-state index >= 15 is 0 Å². The normalized spacial score (nSPS) is 10.4. The minimum Gasteiger partial charge on any atom is -0.506 e. The van der Waals surface area contributed by atoms with Crippen LogP contribution in [0, 0.1) is 10.1 Å². The van der Waals surface area contributed by atoms with E-state index in [4.69, 9.17) is 0 Å². The average Bonchev–Trinajstić information content (AvgIpc) is 2.43. The summed E-state index contributed by atoms with van der Waals surface area (Å²) in [5.41, 5.74) is 1.57. The number of halogens is 3. The molecule has 0 aromatic heterocycles. The highest BCUT2D eigenvalue weighted by Crippen LogP contribution is 2.34. The first-order valence-electron chi connectivity index (χ1n) is 5.73. The molecule has 5 nitrogen and oxygen atoms in total. The van der Waals surface area contributed by atoms with E-state index in [1.807, 2.05) is 0 Å². The molecule has 110 valence electrons. The number of anilines is 1. The van der Waals surface area contributed by atoms with Crippen molar-refractivity contribution in [1.29, 1.82) is 0 Å². The van der Waals surface area contributed by atoms with Crippen LogP contribution in [0.3, 0.4) is 0 Å². The smallest absolute Gasteiger partial charge is 0.285 e. The van der Waals surface area contributed by atoms with Crippen molar-refractivity contribution in [1.82, 2.24) is 0 Å². The van der Waals surface area contributed by atoms with E-state index in [9.17, 15) is 15.2 Å². The van der Waals surface area contributed by atoms with Crippen LogP contribution in [0.15, 0.2) is 43.7 Å². The van der Waals surface area contributed by atoms with Gasteiger partial charge < -0.3 is 10.4 Å². The highest BCUT2D eigenvalue weighted by atomic mass is 79.9. The number of hydrogen-bond acceptors (Lipinski definition) is 4. The molecule has 21 heavy (non-hydrogen) atoms. The standard InChI is InChI=1S/C13H9Br3N2O3/c14-9-2-1-8(5-12(9)18(20)21)17-6-7-3-10(15)13(19)11(16)4-7/h1-5,17,19H,6H2. The fourth-order valence-electron chi connectivity index (χ4n) is 1.69. The number of nitrogens with zero attached hydrogens (tertiary/aromatic N) is 1. The Bertz CT molecular complexity index is 684. The van der Waals surface area contributed by atoms with Crippen LogP contribution in [0.4, 0.5) is 11.4 Å². The van der Waals surface area contributed by atoms with Gasteiger partial charge in [-0.15, -0.1) is 0 Å². The van der Waals surface area contributed by atoms with Crippen LogP contribution in [0.2, 0.25) is 0 Å². The first kappa shape index (κ1) is 16.3. The van der Waals surface area contributed by atoms with Crippen LogP contribution in [0.1, 0.15) is 5.56 Å². The fourth-order valence-corrected chi connectivity index (χ4v) is 3.36. The van der Waals surface area contributed by atoms with Gasteiger partial charge in [0.1, 0.15) is 5.75 Å². The number of rotatable bonds is 4. The largest absolute Gasteiger partial charge is 0.506 e. The molecule has 0 saturated carbocycles. The van der Waals surface area contributed by atoms with Gasteiger partial charge in [-0.1, -0.05) is 0 Å². The molecule has 0 aliphatic rings. The van der Waals surface area contributed by atoms with Crippen LogP contribution in [-0.2, 0) is 6.54 Å². The van der Waals surface area contributed by atoms with Crippen molar-refractivity contribution in [3.63, 3.8) is 0 Å². The lowest BCUT2D eigenvalue weighted by Gasteiger charge is -2.09. The second kappa shape index (κ2) is 6.76. The third kappa shape index (κ3) is 3.96. The van der Waals surface area contributed by atoms with Crippen molar-refractivity contribution >= 4 is 59.2 Å². The molecule has 0 amide bonds. The van der Waals surface area contributed by atoms with Gasteiger partial charge in [0.15, 0.2) is 0 Å². The summed E-state index contributed by atoms with van der Waals surface area (Å²) in [5.74, 6) is 0.137. The molecule has 0 aliphatic carbocycles. The number of phenolic OH excluding ortho intramolecular Hbond substituents is 1. The molecule has 2 aromatic rings. The van der Waals surface area contributed by atoms with Gasteiger partial charge in [0.05, 0.1) is 18.3 Å². The predicted octanol–water partition coefficient (Wildman–Crippen LogP) is 5.20. The van der Waals surface area contributed by atoms with Crippen LogP contribution < -0.4 is 5.32 Å². The Morgan fingerprint density at radius 1 is 1.10 bits per heavy atom. The Morgan fingerprint density at radius 3 is 2.29 bits per heavy atom. The molecule has 0 saturated heterocycles. The van der Waals surface area contributed by atoms with Crippen molar-refractivity contribution in [3.05, 3.63) is 59.4 Å². The highest BCUT2D eigenvalue weighted by Gasteiger charge is 2.12. The van der Waals surface area contributed by atoms with Crippen molar-refractivity contribution in [3.8, 4) is 5.75 Å². The molecule has 8 heteroatoms. The molecule has 0 aliphatic heterocycles. The molecule has 2 aromatic carbocycles. The van der Waals surface area contributed by atoms with E-state index in [1.54, 1.807) is 24.3 Å². The van der Waals surface area contributed by atoms with Crippen LogP contribution in [0.5, 0.6) is 5.75 Å². The first-order valence-corrected chi connectivity index (χ1v) is 8.11. The number of phenols is 1. The van der Waals surface area contributed by atoms with E-state index in [0.717, 1.165) is 5.56 Å². The summed E-state index contributed by atoms with van der Waals surface area (Å²) >= 11 is 9.66. The molecule has 0 unspecified atom stereocenters. The Kier molecular flexibility index (Phi) is 5.23. The fraction of sp³-hybridized carbons (Fsp3) is 0.0769. The number of nitro benzene ring substituents is 1. The van der Waals surface area contributed by atoms with Crippen molar-refractivity contribution in [2.45, 2.75) is 6.54 Å². The summed E-state index contributed by atoms with van der Waals surface area (Å²) in [5, 5.41) is 23.6. The third-order valence-electron chi connectivity index (χ3n) is 2.72. The monoisotopic (exact) mass is 478 g/mol. The molecular formula is C13H9Br3N2O3. The maximum absolute atomic E-state index is 10.9. The van der Waals surface area contributed by atoms with Crippen molar-refractivity contribution in [2.24, 2.45) is 0 Å². The number of nitrogens with one attached hydrogen (secondary N) is 1. The summed E-state index contributed by atoms with van der Waals surface area (Å²) < 4.78 is 1.60. The molecule has 2 rings (SSSR count). The minimum atomic E-state index is -0.441. The quantitative estimate of drug-likeness (QED) is 0.466. The maximum Gasteiger partial charge on any atom is 0.285 e. The second-order valence-corrected chi connectivity index (χ2v) is 6.75. The number of benzene rings is 2. The second-order valence-electron chi connectivity index (χ2n) is 4.18. The summed E-state index contributed by atoms with van der Waals surface area (Å²) in [6, 6.07) is 8.40. The molecule has 0 atom stereocenters. The van der Waals surface area contributed by atoms with Gasteiger partial charge in [0, 0.05) is 18.3 Å². The maximum atomic E-state index is 10.9. The summed E-state index contributed by atoms with van der Waals surface area (Å²) in [6.07, 6.45) is 0. The number of aromatic hydroxyl groups is 1. The third-order valence-corrected chi connectivity index (χ3v) is 4.60. The molecule has 0 heterocycles. The van der Waals surface area contributed by atoms with Crippen LogP contribution >= 0.6 is 47.8 Å². The highest BCUT2D eigenvalue weighted by molar-refractivity contribution is 9.11. The molecule has 0 bridgehead atoms. The zero-order chi connectivity index (χ0) is 15.6. The minimum absolute atomic E-state index is 0.00747. The zero-order valence-corrected chi connectivity index (χ0v) is 15.2. The van der Waals surface area contributed by atoms with Gasteiger partial charge in [-0.25, -0.2) is 0 Å². The Balaban J connectivity index is 2.17. The first-order chi connectivity index (χ1) is 9.88. The van der Waals surface area contributed by atoms with E-state index < -0.39 is 4.92 Å². The van der Waals surface area contributed by atoms with E-state index in [0.29, 0.717) is 25.7 Å². The summed E-state index contributed by atoms with van der Waals surface area (Å²) in [7, 11) is 0. The number of hydrogen-bond donors (Lipinski definition) is 2. The topological polar surface area (TPSA) is 75.4 Å². The lowest BCUT2D eigenvalue weighted by molar-refractivity contribution is -0.385. The van der Waals surface area contributed by atoms with E-state index in [1.165, 1.54) is 6.07 Å². The van der Waals surface area contributed by atoms with Crippen LogP contribution in [0.25, 0.3) is 0 Å². The van der Waals surface area contributed by atoms with Gasteiger partial charge in [0.2, 0.25) is 0 Å². The van der Waals surface area contributed by atoms with Crippen molar-refractivity contribution in [2.75, 3.05) is 5.32 Å². The zero-order valence-electron chi connectivity index (χ0n) is 10.4. The molecule has 2 N–H and O–H groups in total. The lowest BCUT2D eigenvalue weighted by atomic mass is 10.2. The molecule has 0 fully saturated rings. The predicted molar refractivity (Wildman–Crippen MR) is 91.6 cm³/mol. The Morgan fingerprint density at radius 2 is 1.71 bits per heavy atom. The molecule has 0 spiro atoms. The van der Waals surface area contributed by atoms with Gasteiger partial charge in [-0.2, -0.15) is 0 Å². The van der Waals surface area contributed by atoms with E-state index in [2.05, 4.69) is 53.1 Å². The molecule has 0 radical (unpaired) electrons. The summed E-state index contributed by atoms with van der Waals surface area (Å²) in [6.45, 7) is 0.469. The SMILES string of the molecule is O=[N+]([O-])c1cc(NCc2cc(Br)c(O)c(Br)c2)ccc1Br. The summed E-state index contributed by atoms with van der Waals surface area (Å²) in [4.78, 5) is 10.4. The lowest BCUT2D eigenvalue weighted by Crippen LogP contribution is -2.00. The van der Waals surface area contributed by atoms with Gasteiger partial charge in [0.25, 0.3) is 5.69 Å². The van der Waals surface area contributed by atoms with E-state index in [-0.39, 0.29) is 11.4 Å².